The van der Waals surface area contributed by atoms with Crippen molar-refractivity contribution >= 4 is 11.8 Å². The summed E-state index contributed by atoms with van der Waals surface area (Å²) >= 11 is 0. The fraction of sp³-hybridized carbons (Fsp3) is 0.733. The van der Waals surface area contributed by atoms with E-state index in [-0.39, 0.29) is 23.6 Å². The van der Waals surface area contributed by atoms with Crippen LogP contribution in [0.4, 0.5) is 0 Å². The maximum atomic E-state index is 12.7. The molecule has 2 aliphatic heterocycles. The first-order chi connectivity index (χ1) is 11.0. The minimum Gasteiger partial charge on any atom is -0.346 e. The Balaban J connectivity index is 1.78. The molecule has 23 heavy (non-hydrogen) atoms. The van der Waals surface area contributed by atoms with Gasteiger partial charge in [0.05, 0.1) is 12.6 Å². The molecular weight excluding hydrogens is 296 g/mol. The number of carbonyl (C=O) groups excluding carboxylic acids is 2. The molecule has 0 saturated carbocycles. The van der Waals surface area contributed by atoms with Gasteiger partial charge in [-0.3, -0.25) is 9.59 Å². The lowest BCUT2D eigenvalue weighted by Gasteiger charge is -2.34. The Bertz CT molecular complexity index is 603. The molecule has 1 atom stereocenters. The van der Waals surface area contributed by atoms with Gasteiger partial charge in [0.25, 0.3) is 11.8 Å². The number of aromatic nitrogens is 3. The highest BCUT2D eigenvalue weighted by molar-refractivity contribution is 6.05. The number of likely N-dealkylation sites (N-methyl/N-ethyl adjacent to an activating group) is 1. The van der Waals surface area contributed by atoms with Gasteiger partial charge in [0, 0.05) is 26.2 Å². The second-order valence-corrected chi connectivity index (χ2v) is 6.52. The van der Waals surface area contributed by atoms with Crippen LogP contribution < -0.4 is 5.32 Å². The number of piperazine rings is 1. The van der Waals surface area contributed by atoms with Gasteiger partial charge in [-0.1, -0.05) is 26.0 Å². The predicted molar refractivity (Wildman–Crippen MR) is 84.1 cm³/mol. The largest absolute Gasteiger partial charge is 0.346 e. The van der Waals surface area contributed by atoms with Crippen LogP contribution in [-0.4, -0.2) is 75.4 Å². The van der Waals surface area contributed by atoms with Crippen molar-refractivity contribution in [2.45, 2.75) is 33.4 Å². The van der Waals surface area contributed by atoms with Crippen molar-refractivity contribution in [2.75, 3.05) is 32.7 Å². The summed E-state index contributed by atoms with van der Waals surface area (Å²) < 4.78 is 1.57. The summed E-state index contributed by atoms with van der Waals surface area (Å²) in [6.07, 6.45) is 0. The third-order valence-electron chi connectivity index (χ3n) is 4.75. The summed E-state index contributed by atoms with van der Waals surface area (Å²) in [4.78, 5) is 29.1. The number of nitrogens with one attached hydrogen (secondary N) is 1. The van der Waals surface area contributed by atoms with E-state index in [2.05, 4.69) is 27.5 Å². The van der Waals surface area contributed by atoms with Gasteiger partial charge in [-0.15, -0.1) is 5.10 Å². The molecule has 3 rings (SSSR count). The van der Waals surface area contributed by atoms with Gasteiger partial charge >= 0.3 is 0 Å². The Morgan fingerprint density at radius 1 is 1.30 bits per heavy atom. The fourth-order valence-electron chi connectivity index (χ4n) is 3.07. The van der Waals surface area contributed by atoms with E-state index < -0.39 is 0 Å². The van der Waals surface area contributed by atoms with Crippen molar-refractivity contribution in [1.82, 2.24) is 30.1 Å². The van der Waals surface area contributed by atoms with E-state index >= 15 is 0 Å². The van der Waals surface area contributed by atoms with E-state index in [4.69, 9.17) is 0 Å². The van der Waals surface area contributed by atoms with Gasteiger partial charge in [0.1, 0.15) is 0 Å². The Labute approximate surface area is 135 Å². The van der Waals surface area contributed by atoms with Crippen LogP contribution in [0.3, 0.4) is 0 Å². The molecule has 3 heterocycles. The van der Waals surface area contributed by atoms with Crippen LogP contribution >= 0.6 is 0 Å². The smallest absolute Gasteiger partial charge is 0.276 e. The lowest BCUT2D eigenvalue weighted by molar-refractivity contribution is 0.0631. The number of fused-ring (bicyclic) bond motifs is 1. The van der Waals surface area contributed by atoms with Crippen molar-refractivity contribution in [2.24, 2.45) is 5.92 Å². The third kappa shape index (κ3) is 2.95. The molecule has 0 bridgehead atoms. The van der Waals surface area contributed by atoms with Gasteiger partial charge in [-0.25, -0.2) is 4.68 Å². The summed E-state index contributed by atoms with van der Waals surface area (Å²) in [6, 6.07) is 0.0211. The van der Waals surface area contributed by atoms with Crippen molar-refractivity contribution in [1.29, 1.82) is 0 Å². The molecule has 8 nitrogen and oxygen atoms in total. The molecule has 2 amide bonds. The van der Waals surface area contributed by atoms with E-state index in [0.29, 0.717) is 31.2 Å². The molecule has 1 aromatic rings. The predicted octanol–water partition coefficient (Wildman–Crippen LogP) is -0.176. The van der Waals surface area contributed by atoms with Gasteiger partial charge < -0.3 is 15.1 Å². The van der Waals surface area contributed by atoms with E-state index in [0.717, 1.165) is 19.6 Å². The first-order valence-corrected chi connectivity index (χ1v) is 8.27. The molecule has 0 unspecified atom stereocenters. The first-order valence-electron chi connectivity index (χ1n) is 8.27. The zero-order valence-corrected chi connectivity index (χ0v) is 13.9. The second-order valence-electron chi connectivity index (χ2n) is 6.52. The molecule has 2 aliphatic rings. The zero-order chi connectivity index (χ0) is 16.6. The van der Waals surface area contributed by atoms with E-state index in [1.54, 1.807) is 9.58 Å². The lowest BCUT2D eigenvalue weighted by Crippen LogP contribution is -2.50. The maximum Gasteiger partial charge on any atom is 0.276 e. The molecule has 0 spiro atoms. The summed E-state index contributed by atoms with van der Waals surface area (Å²) in [5.74, 6) is -0.145. The second kappa shape index (κ2) is 6.27. The van der Waals surface area contributed by atoms with Gasteiger partial charge in [-0.2, -0.15) is 0 Å². The summed E-state index contributed by atoms with van der Waals surface area (Å²) in [7, 11) is 0. The van der Waals surface area contributed by atoms with Gasteiger partial charge in [-0.05, 0) is 12.5 Å². The molecule has 8 heteroatoms. The molecule has 1 N–H and O–H groups in total. The van der Waals surface area contributed by atoms with Gasteiger partial charge in [0.2, 0.25) is 0 Å². The number of rotatable bonds is 3. The molecule has 0 aromatic carbocycles. The van der Waals surface area contributed by atoms with Crippen LogP contribution in [0.15, 0.2) is 0 Å². The van der Waals surface area contributed by atoms with Crippen LogP contribution in [0.5, 0.6) is 0 Å². The number of hydrogen-bond acceptors (Lipinski definition) is 5. The number of hydrogen-bond donors (Lipinski definition) is 1. The van der Waals surface area contributed by atoms with Crippen LogP contribution in [0.1, 0.15) is 41.7 Å². The Morgan fingerprint density at radius 2 is 2.00 bits per heavy atom. The summed E-state index contributed by atoms with van der Waals surface area (Å²) in [5, 5.41) is 11.0. The molecule has 0 aliphatic carbocycles. The number of nitrogens with zero attached hydrogens (tertiary/aromatic N) is 5. The zero-order valence-electron chi connectivity index (χ0n) is 13.9. The number of carbonyl (C=O) groups is 2. The molecule has 1 aromatic heterocycles. The Morgan fingerprint density at radius 3 is 2.61 bits per heavy atom. The molecule has 1 saturated heterocycles. The highest BCUT2D eigenvalue weighted by atomic mass is 16.2. The van der Waals surface area contributed by atoms with Crippen molar-refractivity contribution in [3.8, 4) is 0 Å². The standard InChI is InChI=1S/C15H24N6O2/c1-4-19-5-7-20(8-6-19)15(23)12-13-14(22)16-11(10(2)3)9-21(13)18-17-12/h10-11H,4-9H2,1-3H3,(H,16,22)/t11-/m1/s1. The van der Waals surface area contributed by atoms with Crippen molar-refractivity contribution < 1.29 is 9.59 Å². The maximum absolute atomic E-state index is 12.7. The minimum absolute atomic E-state index is 0.0211. The lowest BCUT2D eigenvalue weighted by atomic mass is 10.0. The fourth-order valence-corrected chi connectivity index (χ4v) is 3.07. The molecule has 126 valence electrons. The monoisotopic (exact) mass is 320 g/mol. The minimum atomic E-state index is -0.254. The third-order valence-corrected chi connectivity index (χ3v) is 4.75. The SMILES string of the molecule is CCN1CCN(C(=O)c2nnn3c2C(=O)N[C@@H](C(C)C)C3)CC1. The normalized spacial score (nSPS) is 22.2. The van der Waals surface area contributed by atoms with E-state index in [1.165, 1.54) is 0 Å². The van der Waals surface area contributed by atoms with Crippen LogP contribution in [0.2, 0.25) is 0 Å². The van der Waals surface area contributed by atoms with Crippen LogP contribution in [-0.2, 0) is 6.54 Å². The summed E-state index contributed by atoms with van der Waals surface area (Å²) in [6.45, 7) is 10.8. The first kappa shape index (κ1) is 15.9. The van der Waals surface area contributed by atoms with Gasteiger partial charge in [0.15, 0.2) is 11.4 Å². The highest BCUT2D eigenvalue weighted by Crippen LogP contribution is 2.17. The van der Waals surface area contributed by atoms with E-state index in [1.807, 2.05) is 13.8 Å². The topological polar surface area (TPSA) is 83.4 Å². The molecule has 1 fully saturated rings. The van der Waals surface area contributed by atoms with Crippen LogP contribution in [0.25, 0.3) is 0 Å². The Kier molecular flexibility index (Phi) is 4.34. The number of amides is 2. The van der Waals surface area contributed by atoms with Crippen LogP contribution in [0, 0.1) is 5.92 Å². The molecule has 0 radical (unpaired) electrons. The van der Waals surface area contributed by atoms with E-state index in [9.17, 15) is 9.59 Å². The molecular formula is C15H24N6O2. The van der Waals surface area contributed by atoms with Crippen molar-refractivity contribution in [3.63, 3.8) is 0 Å². The quantitative estimate of drug-likeness (QED) is 0.835. The average Bonchev–Trinajstić information content (AvgIpc) is 2.98. The van der Waals surface area contributed by atoms with Crippen molar-refractivity contribution in [3.05, 3.63) is 11.4 Å². The summed E-state index contributed by atoms with van der Waals surface area (Å²) in [5.41, 5.74) is 0.472. The average molecular weight is 320 g/mol. The highest BCUT2D eigenvalue weighted by Gasteiger charge is 2.35. The Hall–Kier alpha value is -1.96.